The van der Waals surface area contributed by atoms with Crippen LogP contribution in [0.5, 0.6) is 0 Å². The lowest BCUT2D eigenvalue weighted by Crippen LogP contribution is -2.35. The van der Waals surface area contributed by atoms with Crippen molar-refractivity contribution in [3.05, 3.63) is 41.8 Å². The number of carbonyl (C=O) groups excluding carboxylic acids is 1. The standard InChI is InChI=1S/C17H21N5O2/c23-17(14-4-6-18-7-5-14)22-9-1-8-21(10-11-22)12-15-19-16(24-20-15)13-2-3-13/h4-7,13H,1-3,8-12H2. The molecule has 7 heteroatoms. The minimum absolute atomic E-state index is 0.0785. The summed E-state index contributed by atoms with van der Waals surface area (Å²) in [5, 5.41) is 4.09. The summed E-state index contributed by atoms with van der Waals surface area (Å²) in [6.45, 7) is 3.94. The summed E-state index contributed by atoms with van der Waals surface area (Å²) in [4.78, 5) is 25.2. The summed E-state index contributed by atoms with van der Waals surface area (Å²) in [7, 11) is 0. The molecule has 2 aromatic rings. The van der Waals surface area contributed by atoms with E-state index in [0.29, 0.717) is 24.6 Å². The highest BCUT2D eigenvalue weighted by Gasteiger charge is 2.30. The molecular weight excluding hydrogens is 306 g/mol. The molecule has 0 N–H and O–H groups in total. The summed E-state index contributed by atoms with van der Waals surface area (Å²) >= 11 is 0. The van der Waals surface area contributed by atoms with Crippen LogP contribution >= 0.6 is 0 Å². The molecule has 2 aliphatic rings. The highest BCUT2D eigenvalue weighted by molar-refractivity contribution is 5.94. The smallest absolute Gasteiger partial charge is 0.254 e. The van der Waals surface area contributed by atoms with Crippen molar-refractivity contribution in [1.29, 1.82) is 0 Å². The monoisotopic (exact) mass is 327 g/mol. The van der Waals surface area contributed by atoms with E-state index in [1.165, 1.54) is 0 Å². The molecule has 1 aliphatic heterocycles. The van der Waals surface area contributed by atoms with E-state index in [2.05, 4.69) is 20.0 Å². The summed E-state index contributed by atoms with van der Waals surface area (Å²) in [5.41, 5.74) is 0.700. The van der Waals surface area contributed by atoms with Gasteiger partial charge in [0.05, 0.1) is 6.54 Å². The van der Waals surface area contributed by atoms with Crippen molar-refractivity contribution in [2.75, 3.05) is 26.2 Å². The van der Waals surface area contributed by atoms with Crippen molar-refractivity contribution in [3.8, 4) is 0 Å². The first kappa shape index (κ1) is 15.3. The Morgan fingerprint density at radius 2 is 2.00 bits per heavy atom. The van der Waals surface area contributed by atoms with E-state index in [4.69, 9.17) is 4.52 Å². The predicted octanol–water partition coefficient (Wildman–Crippen LogP) is 1.69. The second-order valence-electron chi connectivity index (χ2n) is 6.48. The summed E-state index contributed by atoms with van der Waals surface area (Å²) < 4.78 is 5.32. The van der Waals surface area contributed by atoms with Crippen LogP contribution in [-0.2, 0) is 6.54 Å². The van der Waals surface area contributed by atoms with Gasteiger partial charge in [0, 0.05) is 50.1 Å². The lowest BCUT2D eigenvalue weighted by atomic mass is 10.2. The van der Waals surface area contributed by atoms with Gasteiger partial charge in [-0.05, 0) is 31.4 Å². The van der Waals surface area contributed by atoms with Crippen molar-refractivity contribution in [1.82, 2.24) is 24.9 Å². The quantitative estimate of drug-likeness (QED) is 0.851. The van der Waals surface area contributed by atoms with E-state index >= 15 is 0 Å². The van der Waals surface area contributed by atoms with Gasteiger partial charge in [0.2, 0.25) is 5.89 Å². The van der Waals surface area contributed by atoms with Crippen LogP contribution in [0.25, 0.3) is 0 Å². The molecule has 0 unspecified atom stereocenters. The molecule has 7 nitrogen and oxygen atoms in total. The van der Waals surface area contributed by atoms with Crippen molar-refractivity contribution in [3.63, 3.8) is 0 Å². The predicted molar refractivity (Wildman–Crippen MR) is 86.3 cm³/mol. The van der Waals surface area contributed by atoms with Gasteiger partial charge in [-0.25, -0.2) is 0 Å². The molecule has 1 amide bonds. The third kappa shape index (κ3) is 3.46. The Kier molecular flexibility index (Phi) is 4.25. The summed E-state index contributed by atoms with van der Waals surface area (Å²) in [5.74, 6) is 2.11. The third-order valence-electron chi connectivity index (χ3n) is 4.58. The van der Waals surface area contributed by atoms with Crippen LogP contribution in [0.4, 0.5) is 0 Å². The molecule has 0 bridgehead atoms. The molecule has 2 fully saturated rings. The van der Waals surface area contributed by atoms with Crippen molar-refractivity contribution >= 4 is 5.91 Å². The number of nitrogens with zero attached hydrogens (tertiary/aromatic N) is 5. The normalized spacial score (nSPS) is 19.2. The van der Waals surface area contributed by atoms with E-state index in [9.17, 15) is 4.79 Å². The molecule has 0 aromatic carbocycles. The van der Waals surface area contributed by atoms with E-state index < -0.39 is 0 Å². The molecule has 2 aromatic heterocycles. The summed E-state index contributed by atoms with van der Waals surface area (Å²) in [6.07, 6.45) is 6.59. The molecule has 24 heavy (non-hydrogen) atoms. The highest BCUT2D eigenvalue weighted by Crippen LogP contribution is 2.38. The Morgan fingerprint density at radius 1 is 1.17 bits per heavy atom. The Hall–Kier alpha value is -2.28. The first-order valence-corrected chi connectivity index (χ1v) is 8.54. The fourth-order valence-electron chi connectivity index (χ4n) is 3.04. The molecular formula is C17H21N5O2. The van der Waals surface area contributed by atoms with Crippen molar-refractivity contribution < 1.29 is 9.32 Å². The Morgan fingerprint density at radius 3 is 2.79 bits per heavy atom. The number of amides is 1. The third-order valence-corrected chi connectivity index (χ3v) is 4.58. The van der Waals surface area contributed by atoms with Gasteiger partial charge < -0.3 is 9.42 Å². The van der Waals surface area contributed by atoms with Crippen LogP contribution in [0.2, 0.25) is 0 Å². The average molecular weight is 327 g/mol. The zero-order valence-corrected chi connectivity index (χ0v) is 13.6. The second-order valence-corrected chi connectivity index (χ2v) is 6.48. The molecule has 1 saturated carbocycles. The van der Waals surface area contributed by atoms with Crippen molar-refractivity contribution in [2.45, 2.75) is 31.7 Å². The number of hydrogen-bond donors (Lipinski definition) is 0. The zero-order chi connectivity index (χ0) is 16.4. The Labute approximate surface area is 140 Å². The SMILES string of the molecule is O=C(c1ccncc1)N1CCCN(Cc2noc(C3CC3)n2)CC1. The molecule has 0 spiro atoms. The van der Waals surface area contributed by atoms with Gasteiger partial charge in [0.15, 0.2) is 5.82 Å². The number of pyridine rings is 1. The van der Waals surface area contributed by atoms with E-state index in [-0.39, 0.29) is 5.91 Å². The van der Waals surface area contributed by atoms with Crippen LogP contribution in [0.3, 0.4) is 0 Å². The molecule has 0 radical (unpaired) electrons. The largest absolute Gasteiger partial charge is 0.339 e. The fourth-order valence-corrected chi connectivity index (χ4v) is 3.04. The van der Waals surface area contributed by atoms with Gasteiger partial charge in [-0.1, -0.05) is 5.16 Å². The van der Waals surface area contributed by atoms with Crippen LogP contribution in [0.1, 0.15) is 47.3 Å². The van der Waals surface area contributed by atoms with Gasteiger partial charge in [0.1, 0.15) is 0 Å². The van der Waals surface area contributed by atoms with Crippen LogP contribution < -0.4 is 0 Å². The summed E-state index contributed by atoms with van der Waals surface area (Å²) in [6, 6.07) is 3.54. The number of rotatable bonds is 4. The van der Waals surface area contributed by atoms with E-state index in [0.717, 1.165) is 50.6 Å². The van der Waals surface area contributed by atoms with Crippen LogP contribution in [0, 0.1) is 0 Å². The number of hydrogen-bond acceptors (Lipinski definition) is 6. The van der Waals surface area contributed by atoms with Gasteiger partial charge in [-0.3, -0.25) is 14.7 Å². The maximum Gasteiger partial charge on any atom is 0.254 e. The van der Waals surface area contributed by atoms with E-state index in [1.54, 1.807) is 24.5 Å². The maximum atomic E-state index is 12.5. The minimum atomic E-state index is 0.0785. The maximum absolute atomic E-state index is 12.5. The Bertz CT molecular complexity index is 698. The second kappa shape index (κ2) is 6.68. The molecule has 4 rings (SSSR count). The zero-order valence-electron chi connectivity index (χ0n) is 13.6. The lowest BCUT2D eigenvalue weighted by molar-refractivity contribution is 0.0761. The van der Waals surface area contributed by atoms with Gasteiger partial charge >= 0.3 is 0 Å². The average Bonchev–Trinajstić information content (AvgIpc) is 3.40. The molecule has 0 atom stereocenters. The van der Waals surface area contributed by atoms with Crippen LogP contribution in [0.15, 0.2) is 29.0 Å². The van der Waals surface area contributed by atoms with Gasteiger partial charge in [-0.2, -0.15) is 4.98 Å². The highest BCUT2D eigenvalue weighted by atomic mass is 16.5. The molecule has 3 heterocycles. The number of carbonyl (C=O) groups is 1. The van der Waals surface area contributed by atoms with Gasteiger partial charge in [0.25, 0.3) is 5.91 Å². The lowest BCUT2D eigenvalue weighted by Gasteiger charge is -2.21. The van der Waals surface area contributed by atoms with Crippen LogP contribution in [-0.4, -0.2) is 57.0 Å². The minimum Gasteiger partial charge on any atom is -0.339 e. The topological polar surface area (TPSA) is 75.4 Å². The molecule has 126 valence electrons. The first-order valence-electron chi connectivity index (χ1n) is 8.54. The van der Waals surface area contributed by atoms with E-state index in [1.807, 2.05) is 4.90 Å². The Balaban J connectivity index is 1.34. The molecule has 1 aliphatic carbocycles. The fraction of sp³-hybridized carbons (Fsp3) is 0.529. The first-order chi connectivity index (χ1) is 11.8. The van der Waals surface area contributed by atoms with Crippen molar-refractivity contribution in [2.24, 2.45) is 0 Å². The van der Waals surface area contributed by atoms with Gasteiger partial charge in [-0.15, -0.1) is 0 Å². The molecule has 1 saturated heterocycles. The number of aromatic nitrogens is 3.